The van der Waals surface area contributed by atoms with Crippen molar-refractivity contribution >= 4 is 16.9 Å². The Balaban J connectivity index is 1.69. The summed E-state index contributed by atoms with van der Waals surface area (Å²) in [5.41, 5.74) is 5.98. The van der Waals surface area contributed by atoms with Crippen LogP contribution in [0.2, 0.25) is 0 Å². The van der Waals surface area contributed by atoms with Crippen LogP contribution in [0.4, 0.5) is 0 Å². The van der Waals surface area contributed by atoms with Gasteiger partial charge in [0, 0.05) is 24.2 Å². The number of pyridine rings is 1. The van der Waals surface area contributed by atoms with Crippen molar-refractivity contribution in [1.29, 1.82) is 0 Å². The smallest absolute Gasteiger partial charge is 0.305 e. The number of ether oxygens (including phenoxy) is 1. The lowest BCUT2D eigenvalue weighted by Crippen LogP contribution is -2.01. The van der Waals surface area contributed by atoms with Gasteiger partial charge in [0.1, 0.15) is 0 Å². The van der Waals surface area contributed by atoms with E-state index in [2.05, 4.69) is 64.3 Å². The van der Waals surface area contributed by atoms with E-state index < -0.39 is 0 Å². The molecule has 2 aromatic carbocycles. The summed E-state index contributed by atoms with van der Waals surface area (Å²) in [6, 6.07) is 21.0. The zero-order valence-electron chi connectivity index (χ0n) is 16.5. The molecule has 0 aliphatic heterocycles. The van der Waals surface area contributed by atoms with E-state index >= 15 is 0 Å². The van der Waals surface area contributed by atoms with E-state index in [1.54, 1.807) is 6.20 Å². The molecule has 0 atom stereocenters. The fourth-order valence-electron chi connectivity index (χ4n) is 3.68. The van der Waals surface area contributed by atoms with E-state index in [-0.39, 0.29) is 5.97 Å². The molecule has 0 fully saturated rings. The first kappa shape index (κ1) is 18.9. The minimum Gasteiger partial charge on any atom is -0.469 e. The highest BCUT2D eigenvalue weighted by Crippen LogP contribution is 2.27. The largest absolute Gasteiger partial charge is 0.469 e. The van der Waals surface area contributed by atoms with Crippen LogP contribution in [-0.2, 0) is 28.8 Å². The van der Waals surface area contributed by atoms with Gasteiger partial charge in [-0.05, 0) is 60.2 Å². The van der Waals surface area contributed by atoms with Crippen LogP contribution in [0.5, 0.6) is 0 Å². The Morgan fingerprint density at radius 2 is 1.83 bits per heavy atom. The van der Waals surface area contributed by atoms with Gasteiger partial charge in [0.15, 0.2) is 0 Å². The summed E-state index contributed by atoms with van der Waals surface area (Å²) in [4.78, 5) is 15.8. The van der Waals surface area contributed by atoms with Gasteiger partial charge in [-0.3, -0.25) is 9.78 Å². The Morgan fingerprint density at radius 1 is 0.966 bits per heavy atom. The fourth-order valence-corrected chi connectivity index (χ4v) is 3.68. The Labute approximate surface area is 170 Å². The number of carbonyl (C=O) groups is 1. The molecular weight excluding hydrogens is 360 g/mol. The first-order valence-corrected chi connectivity index (χ1v) is 9.88. The molecule has 0 N–H and O–H groups in total. The van der Waals surface area contributed by atoms with Crippen molar-refractivity contribution in [3.63, 3.8) is 0 Å². The van der Waals surface area contributed by atoms with Crippen LogP contribution in [0.3, 0.4) is 0 Å². The number of nitrogens with zero attached hydrogens (tertiary/aromatic N) is 2. The highest BCUT2D eigenvalue weighted by Gasteiger charge is 2.12. The number of aryl methyl sites for hydroxylation is 3. The van der Waals surface area contributed by atoms with Gasteiger partial charge in [0.25, 0.3) is 0 Å². The molecule has 0 aliphatic rings. The van der Waals surface area contributed by atoms with Crippen LogP contribution >= 0.6 is 0 Å². The highest BCUT2D eigenvalue weighted by atomic mass is 16.5. The molecule has 4 rings (SSSR count). The van der Waals surface area contributed by atoms with Crippen molar-refractivity contribution in [2.75, 3.05) is 7.11 Å². The zero-order chi connectivity index (χ0) is 20.1. The Morgan fingerprint density at radius 3 is 2.59 bits per heavy atom. The van der Waals surface area contributed by atoms with Gasteiger partial charge in [-0.15, -0.1) is 0 Å². The zero-order valence-corrected chi connectivity index (χ0v) is 16.5. The summed E-state index contributed by atoms with van der Waals surface area (Å²) in [5.74, 6) is -0.178. The van der Waals surface area contributed by atoms with Crippen LogP contribution in [0.1, 0.15) is 23.1 Å². The third kappa shape index (κ3) is 4.37. The van der Waals surface area contributed by atoms with Crippen molar-refractivity contribution in [3.05, 3.63) is 95.9 Å². The third-order valence-corrected chi connectivity index (χ3v) is 5.25. The lowest BCUT2D eigenvalue weighted by molar-refractivity contribution is -0.140. The number of rotatable bonds is 7. The van der Waals surface area contributed by atoms with Gasteiger partial charge in [-0.2, -0.15) is 0 Å². The van der Waals surface area contributed by atoms with Crippen LogP contribution in [0.15, 0.2) is 79.3 Å². The van der Waals surface area contributed by atoms with Crippen LogP contribution in [0, 0.1) is 0 Å². The predicted octanol–water partition coefficient (Wildman–Crippen LogP) is 4.92. The molecule has 0 amide bonds. The number of hydrogen-bond donors (Lipinski definition) is 0. The third-order valence-electron chi connectivity index (χ3n) is 5.25. The SMILES string of the molecule is COC(=O)CCc1ccc2c(c1)c(CCc1ccccc1)cn2-c1cccnc1. The maximum absolute atomic E-state index is 11.5. The minimum absolute atomic E-state index is 0.178. The topological polar surface area (TPSA) is 44.1 Å². The van der Waals surface area contributed by atoms with Crippen LogP contribution in [-0.4, -0.2) is 22.6 Å². The average molecular weight is 384 g/mol. The second-order valence-corrected chi connectivity index (χ2v) is 7.15. The predicted molar refractivity (Wildman–Crippen MR) is 115 cm³/mol. The number of hydrogen-bond acceptors (Lipinski definition) is 3. The average Bonchev–Trinajstić information content (AvgIpc) is 3.15. The first-order valence-electron chi connectivity index (χ1n) is 9.88. The number of benzene rings is 2. The quantitative estimate of drug-likeness (QED) is 0.425. The molecule has 0 unspecified atom stereocenters. The van der Waals surface area contributed by atoms with Gasteiger partial charge in [-0.1, -0.05) is 36.4 Å². The van der Waals surface area contributed by atoms with E-state index in [1.807, 2.05) is 18.3 Å². The number of fused-ring (bicyclic) bond motifs is 1. The molecule has 0 aliphatic carbocycles. The maximum Gasteiger partial charge on any atom is 0.305 e. The fraction of sp³-hybridized carbons (Fsp3) is 0.200. The molecule has 4 nitrogen and oxygen atoms in total. The maximum atomic E-state index is 11.5. The van der Waals surface area contributed by atoms with E-state index in [1.165, 1.54) is 23.6 Å². The van der Waals surface area contributed by atoms with Gasteiger partial charge < -0.3 is 9.30 Å². The molecule has 2 aromatic heterocycles. The van der Waals surface area contributed by atoms with Gasteiger partial charge in [0.05, 0.1) is 24.5 Å². The number of aromatic nitrogens is 2. The Bertz CT molecular complexity index is 1100. The molecule has 0 bridgehead atoms. The normalized spacial score (nSPS) is 10.9. The van der Waals surface area contributed by atoms with E-state index in [9.17, 15) is 4.79 Å². The highest BCUT2D eigenvalue weighted by molar-refractivity contribution is 5.86. The summed E-state index contributed by atoms with van der Waals surface area (Å²) >= 11 is 0. The molecule has 0 radical (unpaired) electrons. The molecule has 0 saturated carbocycles. The molecule has 4 heteroatoms. The summed E-state index contributed by atoms with van der Waals surface area (Å²) in [5, 5.41) is 1.23. The van der Waals surface area contributed by atoms with E-state index in [0.717, 1.165) is 29.6 Å². The Hall–Kier alpha value is -3.40. The van der Waals surface area contributed by atoms with Gasteiger partial charge in [-0.25, -0.2) is 0 Å². The van der Waals surface area contributed by atoms with E-state index in [0.29, 0.717) is 12.8 Å². The number of esters is 1. The molecule has 0 spiro atoms. The molecule has 29 heavy (non-hydrogen) atoms. The molecular formula is C25H24N2O2. The molecule has 146 valence electrons. The van der Waals surface area contributed by atoms with E-state index in [4.69, 9.17) is 4.74 Å². The molecule has 4 aromatic rings. The van der Waals surface area contributed by atoms with Gasteiger partial charge in [0.2, 0.25) is 0 Å². The van der Waals surface area contributed by atoms with Crippen LogP contribution < -0.4 is 0 Å². The minimum atomic E-state index is -0.178. The molecule has 0 saturated heterocycles. The van der Waals surface area contributed by atoms with Crippen LogP contribution in [0.25, 0.3) is 16.6 Å². The standard InChI is InChI=1S/C25H24N2O2/c1-29-25(28)14-11-20-10-13-24-23(16-20)21(12-9-19-6-3-2-4-7-19)18-27(24)22-8-5-15-26-17-22/h2-8,10,13,15-18H,9,11-12,14H2,1H3. The van der Waals surface area contributed by atoms with Crippen molar-refractivity contribution < 1.29 is 9.53 Å². The summed E-state index contributed by atoms with van der Waals surface area (Å²) in [7, 11) is 1.43. The first-order chi connectivity index (χ1) is 14.2. The van der Waals surface area contributed by atoms with Gasteiger partial charge >= 0.3 is 5.97 Å². The second kappa shape index (κ2) is 8.74. The van der Waals surface area contributed by atoms with Crippen molar-refractivity contribution in [2.24, 2.45) is 0 Å². The number of methoxy groups -OCH3 is 1. The second-order valence-electron chi connectivity index (χ2n) is 7.15. The van der Waals surface area contributed by atoms with Crippen molar-refractivity contribution in [2.45, 2.75) is 25.7 Å². The van der Waals surface area contributed by atoms with Crippen molar-refractivity contribution in [1.82, 2.24) is 9.55 Å². The lowest BCUT2D eigenvalue weighted by atomic mass is 10.0. The molecule has 2 heterocycles. The monoisotopic (exact) mass is 384 g/mol. The summed E-state index contributed by atoms with van der Waals surface area (Å²) < 4.78 is 6.98. The van der Waals surface area contributed by atoms with Crippen molar-refractivity contribution in [3.8, 4) is 5.69 Å². The lowest BCUT2D eigenvalue weighted by Gasteiger charge is -2.06. The summed E-state index contributed by atoms with van der Waals surface area (Å²) in [6.07, 6.45) is 8.90. The Kier molecular flexibility index (Phi) is 5.71. The summed E-state index contributed by atoms with van der Waals surface area (Å²) in [6.45, 7) is 0. The number of carbonyl (C=O) groups excluding carboxylic acids is 1.